The van der Waals surface area contributed by atoms with Gasteiger partial charge in [0.1, 0.15) is 0 Å². The molecule has 110 valence electrons. The summed E-state index contributed by atoms with van der Waals surface area (Å²) in [7, 11) is 1.79. The number of thiophene rings is 1. The Morgan fingerprint density at radius 1 is 1.29 bits per heavy atom. The van der Waals surface area contributed by atoms with E-state index >= 15 is 0 Å². The minimum absolute atomic E-state index is 0.0473. The summed E-state index contributed by atoms with van der Waals surface area (Å²) in [6.07, 6.45) is 3.28. The second kappa shape index (κ2) is 7.12. The predicted octanol–water partition coefficient (Wildman–Crippen LogP) is 5.04. The molecular formula is C16H15Cl2NOS. The van der Waals surface area contributed by atoms with E-state index < -0.39 is 0 Å². The number of benzene rings is 1. The maximum absolute atomic E-state index is 12.1. The predicted molar refractivity (Wildman–Crippen MR) is 91.0 cm³/mol. The summed E-state index contributed by atoms with van der Waals surface area (Å²) in [5, 5.41) is 3.02. The molecule has 0 saturated carbocycles. The van der Waals surface area contributed by atoms with Gasteiger partial charge in [-0.25, -0.2) is 0 Å². The zero-order valence-electron chi connectivity index (χ0n) is 11.8. The molecule has 0 radical (unpaired) electrons. The minimum Gasteiger partial charge on any atom is -0.337 e. The van der Waals surface area contributed by atoms with Gasteiger partial charge < -0.3 is 4.90 Å². The van der Waals surface area contributed by atoms with Crippen LogP contribution in [0, 0.1) is 6.92 Å². The van der Waals surface area contributed by atoms with Gasteiger partial charge in [0.2, 0.25) is 5.91 Å². The molecule has 2 nitrogen and oxygen atoms in total. The molecule has 5 heteroatoms. The SMILES string of the molecule is Cc1ccsc1CN(C)C(=O)/C=C/c1ccc(Cl)c(Cl)c1. The Bertz CT molecular complexity index is 679. The molecule has 0 unspecified atom stereocenters. The number of hydrogen-bond donors (Lipinski definition) is 0. The van der Waals surface area contributed by atoms with Gasteiger partial charge in [0.15, 0.2) is 0 Å². The van der Waals surface area contributed by atoms with Crippen molar-refractivity contribution in [3.63, 3.8) is 0 Å². The maximum atomic E-state index is 12.1. The molecule has 2 rings (SSSR count). The molecule has 0 aliphatic carbocycles. The lowest BCUT2D eigenvalue weighted by Gasteiger charge is -2.14. The van der Waals surface area contributed by atoms with E-state index in [1.807, 2.05) is 11.4 Å². The first-order valence-corrected chi connectivity index (χ1v) is 8.02. The van der Waals surface area contributed by atoms with Crippen LogP contribution in [0.5, 0.6) is 0 Å². The van der Waals surface area contributed by atoms with Crippen LogP contribution in [0.1, 0.15) is 16.0 Å². The molecule has 21 heavy (non-hydrogen) atoms. The summed E-state index contributed by atoms with van der Waals surface area (Å²) in [6, 6.07) is 7.33. The minimum atomic E-state index is -0.0473. The van der Waals surface area contributed by atoms with E-state index in [0.717, 1.165) is 5.56 Å². The van der Waals surface area contributed by atoms with Crippen LogP contribution >= 0.6 is 34.5 Å². The molecular weight excluding hydrogens is 325 g/mol. The molecule has 2 aromatic rings. The molecule has 0 fully saturated rings. The second-order valence-electron chi connectivity index (χ2n) is 4.73. The molecule has 1 amide bonds. The van der Waals surface area contributed by atoms with Crippen LogP contribution in [0.25, 0.3) is 6.08 Å². The average Bonchev–Trinajstić information content (AvgIpc) is 2.85. The van der Waals surface area contributed by atoms with E-state index in [4.69, 9.17) is 23.2 Å². The van der Waals surface area contributed by atoms with Gasteiger partial charge in [-0.2, -0.15) is 0 Å². The number of likely N-dealkylation sites (N-methyl/N-ethyl adjacent to an activating group) is 1. The zero-order valence-corrected chi connectivity index (χ0v) is 14.1. The average molecular weight is 340 g/mol. The standard InChI is InChI=1S/C16H15Cl2NOS/c1-11-7-8-21-15(11)10-19(2)16(20)6-4-12-3-5-13(17)14(18)9-12/h3-9H,10H2,1-2H3/b6-4+. The summed E-state index contributed by atoms with van der Waals surface area (Å²) < 4.78 is 0. The highest BCUT2D eigenvalue weighted by molar-refractivity contribution is 7.10. The van der Waals surface area contributed by atoms with Crippen molar-refractivity contribution in [2.75, 3.05) is 7.05 Å². The Morgan fingerprint density at radius 2 is 2.05 bits per heavy atom. The number of rotatable bonds is 4. The van der Waals surface area contributed by atoms with Crippen molar-refractivity contribution in [3.8, 4) is 0 Å². The summed E-state index contributed by atoms with van der Waals surface area (Å²) in [5.74, 6) is -0.0473. The van der Waals surface area contributed by atoms with Gasteiger partial charge in [0.05, 0.1) is 16.6 Å². The van der Waals surface area contributed by atoms with E-state index in [9.17, 15) is 4.79 Å². The van der Waals surface area contributed by atoms with Crippen LogP contribution < -0.4 is 0 Å². The third-order valence-corrected chi connectivity index (χ3v) is 4.83. The van der Waals surface area contributed by atoms with E-state index in [0.29, 0.717) is 16.6 Å². The normalized spacial score (nSPS) is 11.0. The van der Waals surface area contributed by atoms with Crippen LogP contribution in [0.15, 0.2) is 35.7 Å². The van der Waals surface area contributed by atoms with Crippen molar-refractivity contribution in [3.05, 3.63) is 61.8 Å². The molecule has 0 saturated heterocycles. The number of hydrogen-bond acceptors (Lipinski definition) is 2. The molecule has 0 aliphatic heterocycles. The molecule has 0 bridgehead atoms. The number of nitrogens with zero attached hydrogens (tertiary/aromatic N) is 1. The first-order chi connectivity index (χ1) is 9.97. The number of carbonyl (C=O) groups excluding carboxylic acids is 1. The first kappa shape index (κ1) is 16.1. The quantitative estimate of drug-likeness (QED) is 0.715. The van der Waals surface area contributed by atoms with E-state index in [1.165, 1.54) is 10.4 Å². The van der Waals surface area contributed by atoms with E-state index in [2.05, 4.69) is 13.0 Å². The number of carbonyl (C=O) groups is 1. The van der Waals surface area contributed by atoms with Gasteiger partial charge in [-0.1, -0.05) is 29.3 Å². The summed E-state index contributed by atoms with van der Waals surface area (Å²) in [5.41, 5.74) is 2.06. The molecule has 0 N–H and O–H groups in total. The fourth-order valence-electron chi connectivity index (χ4n) is 1.77. The molecule has 0 aliphatic rings. The maximum Gasteiger partial charge on any atom is 0.246 e. The lowest BCUT2D eigenvalue weighted by Crippen LogP contribution is -2.23. The van der Waals surface area contributed by atoms with Crippen LogP contribution in [-0.2, 0) is 11.3 Å². The van der Waals surface area contributed by atoms with Crippen molar-refractivity contribution in [2.24, 2.45) is 0 Å². The van der Waals surface area contributed by atoms with Gasteiger partial charge in [-0.05, 0) is 47.7 Å². The summed E-state index contributed by atoms with van der Waals surface area (Å²) >= 11 is 13.5. The number of aryl methyl sites for hydroxylation is 1. The fourth-order valence-corrected chi connectivity index (χ4v) is 3.04. The lowest BCUT2D eigenvalue weighted by atomic mass is 10.2. The van der Waals surface area contributed by atoms with Gasteiger partial charge in [0, 0.05) is 18.0 Å². The number of amides is 1. The molecule has 1 aromatic heterocycles. The summed E-state index contributed by atoms with van der Waals surface area (Å²) in [4.78, 5) is 15.0. The van der Waals surface area contributed by atoms with Crippen molar-refractivity contribution in [1.82, 2.24) is 4.90 Å². The van der Waals surface area contributed by atoms with Gasteiger partial charge in [-0.3, -0.25) is 4.79 Å². The van der Waals surface area contributed by atoms with Crippen LogP contribution in [0.2, 0.25) is 10.0 Å². The highest BCUT2D eigenvalue weighted by atomic mass is 35.5. The fraction of sp³-hybridized carbons (Fsp3) is 0.188. The molecule has 1 heterocycles. The zero-order chi connectivity index (χ0) is 15.4. The van der Waals surface area contributed by atoms with Gasteiger partial charge >= 0.3 is 0 Å². The molecule has 0 atom stereocenters. The van der Waals surface area contributed by atoms with Crippen molar-refractivity contribution in [2.45, 2.75) is 13.5 Å². The topological polar surface area (TPSA) is 20.3 Å². The largest absolute Gasteiger partial charge is 0.337 e. The third-order valence-electron chi connectivity index (χ3n) is 3.09. The monoisotopic (exact) mass is 339 g/mol. The molecule has 0 spiro atoms. The summed E-state index contributed by atoms with van der Waals surface area (Å²) in [6.45, 7) is 2.67. The second-order valence-corrected chi connectivity index (χ2v) is 6.54. The highest BCUT2D eigenvalue weighted by Gasteiger charge is 2.08. The van der Waals surface area contributed by atoms with Crippen LogP contribution in [0.3, 0.4) is 0 Å². The first-order valence-electron chi connectivity index (χ1n) is 6.38. The van der Waals surface area contributed by atoms with Crippen molar-refractivity contribution >= 4 is 46.5 Å². The Hall–Kier alpha value is -1.29. The molecule has 1 aromatic carbocycles. The number of halogens is 2. The highest BCUT2D eigenvalue weighted by Crippen LogP contribution is 2.23. The Balaban J connectivity index is 2.01. The Kier molecular flexibility index (Phi) is 5.45. The van der Waals surface area contributed by atoms with Gasteiger partial charge in [-0.15, -0.1) is 11.3 Å². The van der Waals surface area contributed by atoms with Gasteiger partial charge in [0.25, 0.3) is 0 Å². The van der Waals surface area contributed by atoms with Crippen molar-refractivity contribution in [1.29, 1.82) is 0 Å². The van der Waals surface area contributed by atoms with E-state index in [1.54, 1.807) is 47.6 Å². The lowest BCUT2D eigenvalue weighted by molar-refractivity contribution is -0.125. The van der Waals surface area contributed by atoms with Crippen LogP contribution in [0.4, 0.5) is 0 Å². The van der Waals surface area contributed by atoms with E-state index in [-0.39, 0.29) is 5.91 Å². The van der Waals surface area contributed by atoms with Crippen LogP contribution in [-0.4, -0.2) is 17.9 Å². The Morgan fingerprint density at radius 3 is 2.67 bits per heavy atom. The Labute approximate surface area is 138 Å². The third kappa shape index (κ3) is 4.34. The van der Waals surface area contributed by atoms with Crippen molar-refractivity contribution < 1.29 is 4.79 Å². The smallest absolute Gasteiger partial charge is 0.246 e.